The van der Waals surface area contributed by atoms with Gasteiger partial charge in [0.05, 0.1) is 5.69 Å². The van der Waals surface area contributed by atoms with Crippen LogP contribution >= 0.6 is 11.3 Å². The van der Waals surface area contributed by atoms with Crippen LogP contribution in [-0.2, 0) is 4.79 Å². The van der Waals surface area contributed by atoms with Gasteiger partial charge in [-0.15, -0.1) is 11.3 Å². The minimum absolute atomic E-state index is 0.00604. The van der Waals surface area contributed by atoms with E-state index in [1.165, 1.54) is 11.3 Å². The molecule has 5 heteroatoms. The third kappa shape index (κ3) is 3.17. The Morgan fingerprint density at radius 1 is 1.45 bits per heavy atom. The predicted octanol–water partition coefficient (Wildman–Crippen LogP) is 3.77. The topological polar surface area (TPSA) is 68.0 Å². The third-order valence-electron chi connectivity index (χ3n) is 3.41. The van der Waals surface area contributed by atoms with Gasteiger partial charge in [0.15, 0.2) is 5.13 Å². The second-order valence-electron chi connectivity index (χ2n) is 5.35. The van der Waals surface area contributed by atoms with Crippen molar-refractivity contribution in [2.75, 3.05) is 11.1 Å². The Balaban J connectivity index is 2.16. The number of hydrogen-bond acceptors (Lipinski definition) is 4. The number of rotatable bonds is 4. The number of nitrogens with one attached hydrogen (secondary N) is 1. The molecule has 3 N–H and O–H groups in total. The van der Waals surface area contributed by atoms with Gasteiger partial charge in [-0.3, -0.25) is 4.79 Å². The Labute approximate surface area is 123 Å². The highest BCUT2D eigenvalue weighted by Gasteiger charge is 2.26. The van der Waals surface area contributed by atoms with Crippen molar-refractivity contribution in [3.05, 3.63) is 29.6 Å². The number of nitrogens with zero attached hydrogens (tertiary/aromatic N) is 1. The first-order valence-corrected chi connectivity index (χ1v) is 7.43. The summed E-state index contributed by atoms with van der Waals surface area (Å²) in [6, 6.07) is 7.55. The van der Waals surface area contributed by atoms with Crippen LogP contribution in [0.15, 0.2) is 29.6 Å². The van der Waals surface area contributed by atoms with Crippen LogP contribution in [-0.4, -0.2) is 10.9 Å². The average Bonchev–Trinajstić information content (AvgIpc) is 2.87. The summed E-state index contributed by atoms with van der Waals surface area (Å²) < 4.78 is 0. The quantitative estimate of drug-likeness (QED) is 0.842. The Morgan fingerprint density at radius 2 is 2.20 bits per heavy atom. The standard InChI is InChI=1S/C15H19N3OS/c1-4-15(2,3)13(19)18-14-17-12(9-20-14)10-6-5-7-11(16)8-10/h5-9H,4,16H2,1-3H3,(H,17,18,19). The molecule has 0 saturated heterocycles. The molecule has 0 radical (unpaired) electrons. The van der Waals surface area contributed by atoms with Crippen LogP contribution in [0.5, 0.6) is 0 Å². The zero-order chi connectivity index (χ0) is 14.8. The number of anilines is 2. The maximum Gasteiger partial charge on any atom is 0.231 e. The zero-order valence-corrected chi connectivity index (χ0v) is 12.8. The van der Waals surface area contributed by atoms with Gasteiger partial charge in [0, 0.05) is 22.0 Å². The SMILES string of the molecule is CCC(C)(C)C(=O)Nc1nc(-c2cccc(N)c2)cs1. The molecule has 0 aliphatic heterocycles. The van der Waals surface area contributed by atoms with Crippen molar-refractivity contribution in [2.45, 2.75) is 27.2 Å². The lowest BCUT2D eigenvalue weighted by Gasteiger charge is -2.20. The molecule has 106 valence electrons. The predicted molar refractivity (Wildman–Crippen MR) is 84.7 cm³/mol. The fourth-order valence-corrected chi connectivity index (χ4v) is 2.30. The lowest BCUT2D eigenvalue weighted by molar-refractivity contribution is -0.124. The van der Waals surface area contributed by atoms with E-state index in [-0.39, 0.29) is 11.3 Å². The minimum Gasteiger partial charge on any atom is -0.399 e. The van der Waals surface area contributed by atoms with E-state index in [9.17, 15) is 4.79 Å². The number of carbonyl (C=O) groups excluding carboxylic acids is 1. The molecule has 2 rings (SSSR count). The summed E-state index contributed by atoms with van der Waals surface area (Å²) in [6.07, 6.45) is 0.784. The van der Waals surface area contributed by atoms with Crippen molar-refractivity contribution in [1.29, 1.82) is 0 Å². The van der Waals surface area contributed by atoms with Gasteiger partial charge < -0.3 is 11.1 Å². The molecular weight excluding hydrogens is 270 g/mol. The minimum atomic E-state index is -0.386. The first-order chi connectivity index (χ1) is 9.42. The zero-order valence-electron chi connectivity index (χ0n) is 11.9. The van der Waals surface area contributed by atoms with Crippen LogP contribution in [0.4, 0.5) is 10.8 Å². The molecule has 2 aromatic rings. The number of thiazole rings is 1. The number of nitrogens with two attached hydrogens (primary N) is 1. The van der Waals surface area contributed by atoms with Gasteiger partial charge in [-0.25, -0.2) is 4.98 Å². The van der Waals surface area contributed by atoms with Gasteiger partial charge in [0.25, 0.3) is 0 Å². The molecule has 0 aliphatic carbocycles. The Morgan fingerprint density at radius 3 is 2.85 bits per heavy atom. The van der Waals surface area contributed by atoms with Crippen molar-refractivity contribution < 1.29 is 4.79 Å². The summed E-state index contributed by atoms with van der Waals surface area (Å²) in [5.41, 5.74) is 7.86. The highest BCUT2D eigenvalue weighted by molar-refractivity contribution is 7.14. The number of benzene rings is 1. The van der Waals surface area contributed by atoms with Crippen molar-refractivity contribution in [3.8, 4) is 11.3 Å². The van der Waals surface area contributed by atoms with Gasteiger partial charge in [-0.05, 0) is 18.6 Å². The van der Waals surface area contributed by atoms with E-state index in [4.69, 9.17) is 5.73 Å². The summed E-state index contributed by atoms with van der Waals surface area (Å²) in [6.45, 7) is 5.85. The molecule has 1 aromatic heterocycles. The smallest absolute Gasteiger partial charge is 0.231 e. The monoisotopic (exact) mass is 289 g/mol. The van der Waals surface area contributed by atoms with Crippen LogP contribution in [0.3, 0.4) is 0 Å². The second kappa shape index (κ2) is 5.63. The fourth-order valence-electron chi connectivity index (χ4n) is 1.59. The van der Waals surface area contributed by atoms with E-state index in [0.717, 1.165) is 17.7 Å². The van der Waals surface area contributed by atoms with Crippen molar-refractivity contribution >= 4 is 28.1 Å². The summed E-state index contributed by atoms with van der Waals surface area (Å²) in [5.74, 6) is -0.00604. The van der Waals surface area contributed by atoms with Crippen molar-refractivity contribution in [1.82, 2.24) is 4.98 Å². The molecule has 4 nitrogen and oxygen atoms in total. The van der Waals surface area contributed by atoms with E-state index in [1.807, 2.05) is 50.4 Å². The summed E-state index contributed by atoms with van der Waals surface area (Å²) in [7, 11) is 0. The molecule has 1 aromatic carbocycles. The second-order valence-corrected chi connectivity index (χ2v) is 6.21. The van der Waals surface area contributed by atoms with Crippen LogP contribution in [0.25, 0.3) is 11.3 Å². The van der Waals surface area contributed by atoms with Crippen LogP contribution in [0.1, 0.15) is 27.2 Å². The average molecular weight is 289 g/mol. The highest BCUT2D eigenvalue weighted by Crippen LogP contribution is 2.28. The van der Waals surface area contributed by atoms with E-state index in [0.29, 0.717) is 10.8 Å². The molecule has 1 heterocycles. The normalized spacial score (nSPS) is 11.3. The Kier molecular flexibility index (Phi) is 4.09. The van der Waals surface area contributed by atoms with Gasteiger partial charge in [0.1, 0.15) is 0 Å². The van der Waals surface area contributed by atoms with E-state index in [1.54, 1.807) is 0 Å². The maximum atomic E-state index is 12.1. The molecule has 0 spiro atoms. The molecule has 0 saturated carbocycles. The summed E-state index contributed by atoms with van der Waals surface area (Å²) in [5, 5.41) is 5.41. The fraction of sp³-hybridized carbons (Fsp3) is 0.333. The lowest BCUT2D eigenvalue weighted by Crippen LogP contribution is -2.29. The molecular formula is C15H19N3OS. The molecule has 0 unspecified atom stereocenters. The molecule has 1 amide bonds. The van der Waals surface area contributed by atoms with Crippen LogP contribution < -0.4 is 11.1 Å². The van der Waals surface area contributed by atoms with E-state index in [2.05, 4.69) is 10.3 Å². The Hall–Kier alpha value is -1.88. The maximum absolute atomic E-state index is 12.1. The molecule has 0 aliphatic rings. The Bertz CT molecular complexity index is 619. The van der Waals surface area contributed by atoms with Gasteiger partial charge in [0.2, 0.25) is 5.91 Å². The highest BCUT2D eigenvalue weighted by atomic mass is 32.1. The van der Waals surface area contributed by atoms with Crippen LogP contribution in [0.2, 0.25) is 0 Å². The third-order valence-corrected chi connectivity index (χ3v) is 4.16. The molecule has 0 atom stereocenters. The summed E-state index contributed by atoms with van der Waals surface area (Å²) in [4.78, 5) is 16.5. The number of amides is 1. The van der Waals surface area contributed by atoms with Crippen LogP contribution in [0, 0.1) is 5.41 Å². The van der Waals surface area contributed by atoms with Crippen molar-refractivity contribution in [3.63, 3.8) is 0 Å². The first-order valence-electron chi connectivity index (χ1n) is 6.55. The lowest BCUT2D eigenvalue weighted by atomic mass is 9.89. The number of nitrogen functional groups attached to an aromatic ring is 1. The summed E-state index contributed by atoms with van der Waals surface area (Å²) >= 11 is 1.42. The van der Waals surface area contributed by atoms with E-state index >= 15 is 0 Å². The number of hydrogen-bond donors (Lipinski definition) is 2. The molecule has 20 heavy (non-hydrogen) atoms. The number of aromatic nitrogens is 1. The van der Waals surface area contributed by atoms with E-state index < -0.39 is 0 Å². The first kappa shape index (κ1) is 14.5. The molecule has 0 bridgehead atoms. The number of carbonyl (C=O) groups is 1. The molecule has 0 fully saturated rings. The van der Waals surface area contributed by atoms with Gasteiger partial charge in [-0.1, -0.05) is 32.9 Å². The largest absolute Gasteiger partial charge is 0.399 e. The van der Waals surface area contributed by atoms with Crippen molar-refractivity contribution in [2.24, 2.45) is 5.41 Å². The van der Waals surface area contributed by atoms with Gasteiger partial charge in [-0.2, -0.15) is 0 Å². The van der Waals surface area contributed by atoms with Gasteiger partial charge >= 0.3 is 0 Å².